The lowest BCUT2D eigenvalue weighted by Gasteiger charge is -2.48. The number of phenolic OH excluding ortho intramolecular Hbond substituents is 2. The number of Topliss-reactive ketones (excluding diaryl/α,β-unsaturated/α-hetero) is 2. The van der Waals surface area contributed by atoms with E-state index >= 15 is 0 Å². The van der Waals surface area contributed by atoms with Crippen molar-refractivity contribution in [1.82, 2.24) is 0 Å². The molecule has 0 spiro atoms. The minimum absolute atomic E-state index is 0.0766. The molecule has 0 aliphatic heterocycles. The van der Waals surface area contributed by atoms with E-state index in [4.69, 9.17) is 4.74 Å². The molecule has 1 saturated carbocycles. The second-order valence-electron chi connectivity index (χ2n) is 8.48. The van der Waals surface area contributed by atoms with Gasteiger partial charge in [0.1, 0.15) is 11.5 Å². The van der Waals surface area contributed by atoms with E-state index in [1.54, 1.807) is 20.8 Å². The van der Waals surface area contributed by atoms with Gasteiger partial charge in [0.2, 0.25) is 5.78 Å². The summed E-state index contributed by atoms with van der Waals surface area (Å²) in [6, 6.07) is 0. The average molecular weight is 374 g/mol. The van der Waals surface area contributed by atoms with Gasteiger partial charge < -0.3 is 20.1 Å². The molecule has 1 aromatic rings. The minimum atomic E-state index is -1.06. The number of aromatic hydroxyl groups is 2. The molecule has 3 N–H and O–H groups in total. The Balaban J connectivity index is 2.49. The zero-order valence-electron chi connectivity index (χ0n) is 16.6. The SMILES string of the molecule is COc1c(O)c2c(c(O)c1C(C)C)C(=O)C(O)=C1C(C)(C)C(=O)CC[C@@]12C. The number of methoxy groups -OCH3 is 1. The van der Waals surface area contributed by atoms with Crippen molar-refractivity contribution < 1.29 is 29.6 Å². The molecule has 0 aromatic heterocycles. The Hall–Kier alpha value is -2.50. The molecule has 146 valence electrons. The highest BCUT2D eigenvalue weighted by atomic mass is 16.5. The standard InChI is InChI=1S/C21H26O6/c1-9(2)11-14(23)12-13(16(25)18(11)27-6)21(5)8-7-10(22)20(3,4)19(21)17(26)15(12)24/h9,23,25-26H,7-8H2,1-6H3/t21-/m1/s1. The summed E-state index contributed by atoms with van der Waals surface area (Å²) < 4.78 is 5.38. The first-order valence-corrected chi connectivity index (χ1v) is 9.09. The molecule has 0 heterocycles. The number of ether oxygens (including phenoxy) is 1. The summed E-state index contributed by atoms with van der Waals surface area (Å²) in [5.74, 6) is -2.00. The number of carbonyl (C=O) groups excluding carboxylic acids is 2. The van der Waals surface area contributed by atoms with Crippen molar-refractivity contribution in [2.75, 3.05) is 7.11 Å². The van der Waals surface area contributed by atoms with E-state index in [0.29, 0.717) is 12.0 Å². The van der Waals surface area contributed by atoms with Crippen LogP contribution in [0.3, 0.4) is 0 Å². The molecule has 0 radical (unpaired) electrons. The van der Waals surface area contributed by atoms with Gasteiger partial charge in [0, 0.05) is 28.4 Å². The number of benzene rings is 1. The van der Waals surface area contributed by atoms with Gasteiger partial charge >= 0.3 is 0 Å². The Kier molecular flexibility index (Phi) is 4.10. The first-order valence-electron chi connectivity index (χ1n) is 9.09. The molecular formula is C21H26O6. The Morgan fingerprint density at radius 1 is 1.04 bits per heavy atom. The summed E-state index contributed by atoms with van der Waals surface area (Å²) in [6.07, 6.45) is 0.550. The number of phenols is 2. The monoisotopic (exact) mass is 374 g/mol. The molecule has 0 bridgehead atoms. The molecule has 6 nitrogen and oxygen atoms in total. The topological polar surface area (TPSA) is 104 Å². The quantitative estimate of drug-likeness (QED) is 0.679. The molecule has 2 aliphatic carbocycles. The van der Waals surface area contributed by atoms with Gasteiger partial charge in [-0.25, -0.2) is 0 Å². The summed E-state index contributed by atoms with van der Waals surface area (Å²) in [4.78, 5) is 25.5. The van der Waals surface area contributed by atoms with Crippen LogP contribution in [0, 0.1) is 5.41 Å². The Morgan fingerprint density at radius 3 is 2.15 bits per heavy atom. The number of carbonyl (C=O) groups is 2. The lowest BCUT2D eigenvalue weighted by atomic mass is 9.54. The molecule has 2 aliphatic rings. The van der Waals surface area contributed by atoms with Gasteiger partial charge in [-0.05, 0) is 31.8 Å². The third-order valence-electron chi connectivity index (χ3n) is 6.18. The summed E-state index contributed by atoms with van der Waals surface area (Å²) in [5, 5.41) is 32.7. The third kappa shape index (κ3) is 2.25. The van der Waals surface area contributed by atoms with Crippen LogP contribution >= 0.6 is 0 Å². The number of aliphatic hydroxyl groups excluding tert-OH is 1. The van der Waals surface area contributed by atoms with Crippen LogP contribution in [-0.2, 0) is 10.2 Å². The highest BCUT2D eigenvalue weighted by molar-refractivity contribution is 6.14. The third-order valence-corrected chi connectivity index (χ3v) is 6.18. The van der Waals surface area contributed by atoms with Crippen molar-refractivity contribution in [3.05, 3.63) is 28.0 Å². The first-order chi connectivity index (χ1) is 12.4. The van der Waals surface area contributed by atoms with E-state index in [9.17, 15) is 24.9 Å². The van der Waals surface area contributed by atoms with Crippen LogP contribution in [0.15, 0.2) is 11.3 Å². The summed E-state index contributed by atoms with van der Waals surface area (Å²) in [6.45, 7) is 8.75. The van der Waals surface area contributed by atoms with Gasteiger partial charge in [0.25, 0.3) is 0 Å². The fourth-order valence-electron chi connectivity index (χ4n) is 4.89. The Bertz CT molecular complexity index is 906. The maximum atomic E-state index is 13.0. The number of hydrogen-bond acceptors (Lipinski definition) is 6. The van der Waals surface area contributed by atoms with Crippen molar-refractivity contribution in [2.45, 2.75) is 58.8 Å². The molecule has 6 heteroatoms. The molecule has 1 aromatic carbocycles. The largest absolute Gasteiger partial charge is 0.507 e. The molecule has 1 atom stereocenters. The molecule has 0 amide bonds. The summed E-state index contributed by atoms with van der Waals surface area (Å²) in [7, 11) is 1.39. The van der Waals surface area contributed by atoms with Gasteiger partial charge in [-0.1, -0.05) is 20.8 Å². The van der Waals surface area contributed by atoms with Gasteiger partial charge in [-0.2, -0.15) is 0 Å². The van der Waals surface area contributed by atoms with Crippen LogP contribution in [0.2, 0.25) is 0 Å². The maximum Gasteiger partial charge on any atom is 0.231 e. The van der Waals surface area contributed by atoms with E-state index in [1.807, 2.05) is 13.8 Å². The van der Waals surface area contributed by atoms with Crippen LogP contribution in [0.1, 0.15) is 74.9 Å². The number of aliphatic hydroxyl groups is 1. The normalized spacial score (nSPS) is 24.1. The number of rotatable bonds is 2. The van der Waals surface area contributed by atoms with Crippen LogP contribution in [0.5, 0.6) is 17.2 Å². The van der Waals surface area contributed by atoms with E-state index in [1.165, 1.54) is 7.11 Å². The number of hydrogen-bond donors (Lipinski definition) is 3. The molecule has 0 unspecified atom stereocenters. The maximum absolute atomic E-state index is 13.0. The average Bonchev–Trinajstić information content (AvgIpc) is 2.57. The van der Waals surface area contributed by atoms with Crippen molar-refractivity contribution in [3.63, 3.8) is 0 Å². The van der Waals surface area contributed by atoms with Crippen LogP contribution in [0.4, 0.5) is 0 Å². The highest BCUT2D eigenvalue weighted by Crippen LogP contribution is 2.60. The number of fused-ring (bicyclic) bond motifs is 3. The van der Waals surface area contributed by atoms with Crippen molar-refractivity contribution in [3.8, 4) is 17.2 Å². The molecule has 3 rings (SSSR count). The first kappa shape index (κ1) is 19.3. The van der Waals surface area contributed by atoms with Crippen LogP contribution in [-0.4, -0.2) is 34.0 Å². The molecule has 0 saturated heterocycles. The minimum Gasteiger partial charge on any atom is -0.507 e. The van der Waals surface area contributed by atoms with Crippen molar-refractivity contribution in [2.24, 2.45) is 5.41 Å². The summed E-state index contributed by atoms with van der Waals surface area (Å²) in [5.41, 5.74) is -1.32. The van der Waals surface area contributed by atoms with E-state index in [2.05, 4.69) is 0 Å². The molecular weight excluding hydrogens is 348 g/mol. The van der Waals surface area contributed by atoms with Crippen molar-refractivity contribution in [1.29, 1.82) is 0 Å². The van der Waals surface area contributed by atoms with E-state index < -0.39 is 22.4 Å². The fraction of sp³-hybridized carbons (Fsp3) is 0.524. The molecule has 1 fully saturated rings. The van der Waals surface area contributed by atoms with Gasteiger partial charge in [-0.3, -0.25) is 9.59 Å². The Morgan fingerprint density at radius 2 is 1.63 bits per heavy atom. The van der Waals surface area contributed by atoms with Gasteiger partial charge in [-0.15, -0.1) is 0 Å². The van der Waals surface area contributed by atoms with E-state index in [-0.39, 0.29) is 52.1 Å². The number of allylic oxidation sites excluding steroid dienone is 2. The van der Waals surface area contributed by atoms with Crippen molar-refractivity contribution >= 4 is 11.6 Å². The highest BCUT2D eigenvalue weighted by Gasteiger charge is 2.56. The van der Waals surface area contributed by atoms with Crippen LogP contribution in [0.25, 0.3) is 0 Å². The second-order valence-corrected chi connectivity index (χ2v) is 8.48. The zero-order valence-corrected chi connectivity index (χ0v) is 16.6. The van der Waals surface area contributed by atoms with Gasteiger partial charge in [0.05, 0.1) is 12.7 Å². The predicted molar refractivity (Wildman–Crippen MR) is 99.8 cm³/mol. The lowest BCUT2D eigenvalue weighted by Crippen LogP contribution is -2.47. The second kappa shape index (κ2) is 5.75. The van der Waals surface area contributed by atoms with E-state index in [0.717, 1.165) is 0 Å². The van der Waals surface area contributed by atoms with Crippen LogP contribution < -0.4 is 4.74 Å². The number of ketones is 2. The predicted octanol–water partition coefficient (Wildman–Crippen LogP) is 3.89. The molecule has 27 heavy (non-hydrogen) atoms. The Labute approximate surface area is 158 Å². The van der Waals surface area contributed by atoms with Gasteiger partial charge in [0.15, 0.2) is 17.3 Å². The zero-order chi connectivity index (χ0) is 20.5. The lowest BCUT2D eigenvalue weighted by molar-refractivity contribution is -0.127. The smallest absolute Gasteiger partial charge is 0.231 e. The fourth-order valence-corrected chi connectivity index (χ4v) is 4.89. The summed E-state index contributed by atoms with van der Waals surface area (Å²) >= 11 is 0.